The van der Waals surface area contributed by atoms with Crippen molar-refractivity contribution < 1.29 is 9.53 Å². The summed E-state index contributed by atoms with van der Waals surface area (Å²) in [5, 5.41) is 4.96. The number of aldehydes is 1. The Hall–Kier alpha value is -4.12. The van der Waals surface area contributed by atoms with Crippen LogP contribution in [0.3, 0.4) is 0 Å². The van der Waals surface area contributed by atoms with Crippen molar-refractivity contribution in [1.82, 2.24) is 4.98 Å². The summed E-state index contributed by atoms with van der Waals surface area (Å²) >= 11 is 0. The molecule has 0 radical (unpaired) electrons. The molecule has 2 aliphatic rings. The number of nitrogens with one attached hydrogen (secondary N) is 1. The molecule has 1 aliphatic heterocycles. The van der Waals surface area contributed by atoms with E-state index in [1.54, 1.807) is 0 Å². The molecule has 6 rings (SSSR count). The SMILES string of the molecule is CN(C)c1ccc(C2=CC(C=O)c3ccc(CCNc4c5c(nc6ccccc46)CCCC5)cc3O2)cc1. The van der Waals surface area contributed by atoms with Crippen molar-refractivity contribution in [2.24, 2.45) is 0 Å². The number of allylic oxidation sites excluding steroid dienone is 1. The van der Waals surface area contributed by atoms with Crippen molar-refractivity contribution in [3.05, 3.63) is 101 Å². The maximum absolute atomic E-state index is 12.0. The number of hydrogen-bond acceptors (Lipinski definition) is 5. The van der Waals surface area contributed by atoms with Gasteiger partial charge in [0.05, 0.1) is 11.4 Å². The fourth-order valence-electron chi connectivity index (χ4n) is 5.60. The minimum absolute atomic E-state index is 0.316. The summed E-state index contributed by atoms with van der Waals surface area (Å²) in [7, 11) is 4.04. The average molecular weight is 504 g/mol. The number of anilines is 2. The summed E-state index contributed by atoms with van der Waals surface area (Å²) in [5.41, 5.74) is 9.12. The van der Waals surface area contributed by atoms with Crippen LogP contribution in [0.15, 0.2) is 72.8 Å². The molecule has 0 bridgehead atoms. The fourth-order valence-corrected chi connectivity index (χ4v) is 5.60. The second-order valence-electron chi connectivity index (χ2n) is 10.4. The predicted octanol–water partition coefficient (Wildman–Crippen LogP) is 6.55. The lowest BCUT2D eigenvalue weighted by molar-refractivity contribution is -0.108. The Balaban J connectivity index is 1.22. The molecule has 5 nitrogen and oxygen atoms in total. The number of benzene rings is 3. The molecule has 1 aliphatic carbocycles. The van der Waals surface area contributed by atoms with Crippen molar-refractivity contribution in [3.8, 4) is 5.75 Å². The maximum atomic E-state index is 12.0. The minimum Gasteiger partial charge on any atom is -0.457 e. The van der Waals surface area contributed by atoms with E-state index in [9.17, 15) is 4.79 Å². The molecular formula is C33H33N3O2. The molecule has 4 aromatic rings. The van der Waals surface area contributed by atoms with Crippen LogP contribution in [0.2, 0.25) is 0 Å². The van der Waals surface area contributed by atoms with Gasteiger partial charge in [-0.05, 0) is 85.7 Å². The van der Waals surface area contributed by atoms with Crippen molar-refractivity contribution in [2.45, 2.75) is 38.0 Å². The van der Waals surface area contributed by atoms with Crippen LogP contribution in [-0.4, -0.2) is 31.9 Å². The third-order valence-corrected chi connectivity index (χ3v) is 7.69. The van der Waals surface area contributed by atoms with Crippen molar-refractivity contribution >= 4 is 34.3 Å². The molecule has 192 valence electrons. The molecule has 1 N–H and O–H groups in total. The Kier molecular flexibility index (Phi) is 6.59. The first-order chi connectivity index (χ1) is 18.6. The van der Waals surface area contributed by atoms with Gasteiger partial charge < -0.3 is 19.7 Å². The van der Waals surface area contributed by atoms with E-state index in [0.717, 1.165) is 65.9 Å². The van der Waals surface area contributed by atoms with E-state index < -0.39 is 0 Å². The minimum atomic E-state index is -0.316. The van der Waals surface area contributed by atoms with Crippen LogP contribution in [0.4, 0.5) is 11.4 Å². The second-order valence-corrected chi connectivity index (χ2v) is 10.4. The van der Waals surface area contributed by atoms with Gasteiger partial charge in [-0.25, -0.2) is 0 Å². The number of carbonyl (C=O) groups is 1. The number of fused-ring (bicyclic) bond motifs is 3. The van der Waals surface area contributed by atoms with Crippen LogP contribution >= 0.6 is 0 Å². The number of aromatic nitrogens is 1. The molecule has 0 saturated carbocycles. The third-order valence-electron chi connectivity index (χ3n) is 7.69. The zero-order valence-corrected chi connectivity index (χ0v) is 22.0. The number of nitrogens with zero attached hydrogens (tertiary/aromatic N) is 2. The maximum Gasteiger partial charge on any atom is 0.131 e. The van der Waals surface area contributed by atoms with E-state index >= 15 is 0 Å². The number of hydrogen-bond donors (Lipinski definition) is 1. The molecule has 5 heteroatoms. The van der Waals surface area contributed by atoms with Crippen molar-refractivity contribution in [3.63, 3.8) is 0 Å². The Morgan fingerprint density at radius 1 is 1.03 bits per heavy atom. The van der Waals surface area contributed by atoms with Crippen LogP contribution < -0.4 is 15.0 Å². The number of pyridine rings is 1. The van der Waals surface area contributed by atoms with Crippen LogP contribution in [-0.2, 0) is 24.1 Å². The summed E-state index contributed by atoms with van der Waals surface area (Å²) in [6.45, 7) is 0.811. The van der Waals surface area contributed by atoms with Gasteiger partial charge in [-0.3, -0.25) is 4.98 Å². The zero-order chi connectivity index (χ0) is 26.1. The average Bonchev–Trinajstić information content (AvgIpc) is 2.96. The summed E-state index contributed by atoms with van der Waals surface area (Å²) in [6.07, 6.45) is 8.33. The highest BCUT2D eigenvalue weighted by Gasteiger charge is 2.23. The van der Waals surface area contributed by atoms with Crippen LogP contribution in [0.25, 0.3) is 16.7 Å². The Morgan fingerprint density at radius 2 is 1.84 bits per heavy atom. The molecule has 1 unspecified atom stereocenters. The number of ether oxygens (including phenoxy) is 1. The molecule has 38 heavy (non-hydrogen) atoms. The number of para-hydroxylation sites is 1. The Labute approximate surface area is 224 Å². The molecule has 0 spiro atoms. The van der Waals surface area contributed by atoms with E-state index in [1.165, 1.54) is 40.7 Å². The van der Waals surface area contributed by atoms with Gasteiger partial charge in [-0.2, -0.15) is 0 Å². The molecule has 3 aromatic carbocycles. The lowest BCUT2D eigenvalue weighted by Crippen LogP contribution is -2.14. The van der Waals surface area contributed by atoms with Gasteiger partial charge in [0.1, 0.15) is 17.8 Å². The zero-order valence-electron chi connectivity index (χ0n) is 22.0. The van der Waals surface area contributed by atoms with Gasteiger partial charge in [0.25, 0.3) is 0 Å². The van der Waals surface area contributed by atoms with Gasteiger partial charge in [0.15, 0.2) is 0 Å². The van der Waals surface area contributed by atoms with Crippen LogP contribution in [0.5, 0.6) is 5.75 Å². The number of carbonyl (C=O) groups excluding carboxylic acids is 1. The number of rotatable bonds is 7. The molecule has 0 amide bonds. The van der Waals surface area contributed by atoms with Crippen molar-refractivity contribution in [1.29, 1.82) is 0 Å². The molecular weight excluding hydrogens is 470 g/mol. The molecule has 1 atom stereocenters. The Morgan fingerprint density at radius 3 is 2.66 bits per heavy atom. The van der Waals surface area contributed by atoms with Gasteiger partial charge in [0, 0.05) is 54.2 Å². The van der Waals surface area contributed by atoms with E-state index in [4.69, 9.17) is 9.72 Å². The monoisotopic (exact) mass is 503 g/mol. The standard InChI is InChI=1S/C33H33N3O2/c1-36(2)25-14-12-23(13-15-25)31-20-24(21-37)26-16-11-22(19-32(26)38-31)17-18-34-33-27-7-3-5-9-29(27)35-30-10-6-4-8-28(30)33/h3,5,7,9,11-16,19-21,24H,4,6,8,10,17-18H2,1-2H3,(H,34,35). The van der Waals surface area contributed by atoms with Gasteiger partial charge in [-0.15, -0.1) is 0 Å². The Bertz CT molecular complexity index is 1520. The molecule has 0 fully saturated rings. The molecule has 2 heterocycles. The smallest absolute Gasteiger partial charge is 0.131 e. The first-order valence-corrected chi connectivity index (χ1v) is 13.5. The second kappa shape index (κ2) is 10.3. The first-order valence-electron chi connectivity index (χ1n) is 13.5. The largest absolute Gasteiger partial charge is 0.457 e. The fraction of sp³-hybridized carbons (Fsp3) is 0.273. The highest BCUT2D eigenvalue weighted by Crippen LogP contribution is 2.38. The van der Waals surface area contributed by atoms with Crippen molar-refractivity contribution in [2.75, 3.05) is 30.9 Å². The van der Waals surface area contributed by atoms with E-state index in [0.29, 0.717) is 0 Å². The van der Waals surface area contributed by atoms with E-state index in [2.05, 4.69) is 58.7 Å². The lowest BCUT2D eigenvalue weighted by Gasteiger charge is -2.24. The van der Waals surface area contributed by atoms with Gasteiger partial charge in [-0.1, -0.05) is 30.3 Å². The van der Waals surface area contributed by atoms with E-state index in [1.807, 2.05) is 38.4 Å². The van der Waals surface area contributed by atoms with E-state index in [-0.39, 0.29) is 5.92 Å². The highest BCUT2D eigenvalue weighted by molar-refractivity contribution is 5.93. The summed E-state index contributed by atoms with van der Waals surface area (Å²) < 4.78 is 6.35. The van der Waals surface area contributed by atoms with Crippen LogP contribution in [0.1, 0.15) is 46.7 Å². The summed E-state index contributed by atoms with van der Waals surface area (Å²) in [5.74, 6) is 1.18. The highest BCUT2D eigenvalue weighted by atomic mass is 16.5. The quantitative estimate of drug-likeness (QED) is 0.290. The summed E-state index contributed by atoms with van der Waals surface area (Å²) in [4.78, 5) is 19.0. The normalized spacial score (nSPS) is 16.2. The number of aryl methyl sites for hydroxylation is 1. The molecule has 1 aromatic heterocycles. The van der Waals surface area contributed by atoms with Gasteiger partial charge >= 0.3 is 0 Å². The third kappa shape index (κ3) is 4.65. The molecule has 0 saturated heterocycles. The lowest BCUT2D eigenvalue weighted by atomic mass is 9.92. The van der Waals surface area contributed by atoms with Gasteiger partial charge in [0.2, 0.25) is 0 Å². The topological polar surface area (TPSA) is 54.5 Å². The first kappa shape index (κ1) is 24.2. The summed E-state index contributed by atoms with van der Waals surface area (Å²) in [6, 6.07) is 22.9. The predicted molar refractivity (Wildman–Crippen MR) is 155 cm³/mol. The van der Waals surface area contributed by atoms with Crippen LogP contribution in [0, 0.1) is 0 Å².